The highest BCUT2D eigenvalue weighted by molar-refractivity contribution is 6.00. The lowest BCUT2D eigenvalue weighted by atomic mass is 9.78. The number of aliphatic hydroxyl groups is 1. The predicted molar refractivity (Wildman–Crippen MR) is 131 cm³/mol. The van der Waals surface area contributed by atoms with Crippen LogP contribution in [0.5, 0.6) is 0 Å². The summed E-state index contributed by atoms with van der Waals surface area (Å²) in [4.78, 5) is 43.2. The van der Waals surface area contributed by atoms with Crippen molar-refractivity contribution in [2.75, 3.05) is 19.6 Å². The molecule has 1 spiro atoms. The maximum absolute atomic E-state index is 13.7. The van der Waals surface area contributed by atoms with Gasteiger partial charge in [0, 0.05) is 19.6 Å². The maximum atomic E-state index is 13.7. The zero-order chi connectivity index (χ0) is 24.8. The number of benzene rings is 1. The number of hydrogen-bond donors (Lipinski definition) is 2. The van der Waals surface area contributed by atoms with Crippen LogP contribution in [0.4, 0.5) is 4.79 Å². The fourth-order valence-corrected chi connectivity index (χ4v) is 5.83. The van der Waals surface area contributed by atoms with Crippen LogP contribution >= 0.6 is 0 Å². The second-order valence-electron chi connectivity index (χ2n) is 10.2. The number of carbonyl (C=O) groups excluding carboxylic acids is 3. The second-order valence-corrected chi connectivity index (χ2v) is 10.2. The van der Waals surface area contributed by atoms with Crippen molar-refractivity contribution in [3.63, 3.8) is 0 Å². The van der Waals surface area contributed by atoms with Gasteiger partial charge in [0.1, 0.15) is 18.2 Å². The van der Waals surface area contributed by atoms with Gasteiger partial charge in [-0.25, -0.2) is 4.79 Å². The molecule has 3 aliphatic rings. The zero-order valence-corrected chi connectivity index (χ0v) is 20.8. The average Bonchev–Trinajstić information content (AvgIpc) is 2.90. The smallest absolute Gasteiger partial charge is 0.410 e. The standard InChI is InChI=1S/C27H39N3O5/c1-2-3-16-30-24(32)22(23(31)21-12-8-5-9-13-21)28-25(33)27(30)14-17-29(18-15-27)26(34)35-19-20-10-6-4-7-11-20/h4,6-7,10-11,21-23,31H,2-3,5,8-9,12-19H2,1H3,(H,28,33). The first-order valence-corrected chi connectivity index (χ1v) is 13.2. The Labute approximate surface area is 208 Å². The van der Waals surface area contributed by atoms with Crippen LogP contribution < -0.4 is 5.32 Å². The normalized spacial score (nSPS) is 23.8. The number of amides is 3. The Hall–Kier alpha value is -2.61. The molecule has 1 aliphatic carbocycles. The molecule has 35 heavy (non-hydrogen) atoms. The number of likely N-dealkylation sites (tertiary alicyclic amines) is 1. The third kappa shape index (κ3) is 5.47. The minimum Gasteiger partial charge on any atom is -0.445 e. The van der Waals surface area contributed by atoms with Gasteiger partial charge in [-0.15, -0.1) is 0 Å². The summed E-state index contributed by atoms with van der Waals surface area (Å²) >= 11 is 0. The largest absolute Gasteiger partial charge is 0.445 e. The van der Waals surface area contributed by atoms with Gasteiger partial charge in [-0.1, -0.05) is 62.9 Å². The Morgan fingerprint density at radius 1 is 1.14 bits per heavy atom. The number of piperazine rings is 1. The molecule has 0 aromatic heterocycles. The molecule has 2 unspecified atom stereocenters. The summed E-state index contributed by atoms with van der Waals surface area (Å²) in [5.41, 5.74) is -0.0643. The van der Waals surface area contributed by atoms with Gasteiger partial charge in [0.05, 0.1) is 6.10 Å². The van der Waals surface area contributed by atoms with Crippen LogP contribution in [0.1, 0.15) is 70.3 Å². The van der Waals surface area contributed by atoms with Crippen molar-refractivity contribution in [2.45, 2.75) is 89.0 Å². The van der Waals surface area contributed by atoms with E-state index in [4.69, 9.17) is 4.74 Å². The summed E-state index contributed by atoms with van der Waals surface area (Å²) in [7, 11) is 0. The van der Waals surface area contributed by atoms with Gasteiger partial charge < -0.3 is 25.0 Å². The minimum atomic E-state index is -0.981. The van der Waals surface area contributed by atoms with Gasteiger partial charge in [0.25, 0.3) is 0 Å². The van der Waals surface area contributed by atoms with Gasteiger partial charge >= 0.3 is 6.09 Å². The first kappa shape index (κ1) is 25.5. The summed E-state index contributed by atoms with van der Waals surface area (Å²) in [6.45, 7) is 3.42. The number of rotatable bonds is 7. The van der Waals surface area contributed by atoms with E-state index in [2.05, 4.69) is 12.2 Å². The van der Waals surface area contributed by atoms with Gasteiger partial charge in [0.15, 0.2) is 0 Å². The third-order valence-corrected chi connectivity index (χ3v) is 8.02. The van der Waals surface area contributed by atoms with E-state index in [0.29, 0.717) is 32.5 Å². The summed E-state index contributed by atoms with van der Waals surface area (Å²) in [6, 6.07) is 8.63. The first-order valence-electron chi connectivity index (χ1n) is 13.2. The Morgan fingerprint density at radius 2 is 1.83 bits per heavy atom. The number of unbranched alkanes of at least 4 members (excludes halogenated alkanes) is 1. The first-order chi connectivity index (χ1) is 17.0. The average molecular weight is 486 g/mol. The summed E-state index contributed by atoms with van der Waals surface area (Å²) < 4.78 is 5.47. The molecule has 8 nitrogen and oxygen atoms in total. The number of piperidine rings is 1. The molecule has 3 amide bonds. The molecule has 192 valence electrons. The molecule has 1 saturated carbocycles. The molecule has 2 N–H and O–H groups in total. The van der Waals surface area contributed by atoms with Gasteiger partial charge in [0.2, 0.25) is 11.8 Å². The number of carbonyl (C=O) groups is 3. The number of aliphatic hydroxyl groups excluding tert-OH is 1. The van der Waals surface area contributed by atoms with Crippen molar-refractivity contribution >= 4 is 17.9 Å². The van der Waals surface area contributed by atoms with Crippen LogP contribution in [0, 0.1) is 5.92 Å². The minimum absolute atomic E-state index is 0.0429. The van der Waals surface area contributed by atoms with Crippen molar-refractivity contribution in [3.8, 4) is 0 Å². The number of nitrogens with zero attached hydrogens (tertiary/aromatic N) is 2. The number of hydrogen-bond acceptors (Lipinski definition) is 5. The van der Waals surface area contributed by atoms with Crippen LogP contribution in [0.15, 0.2) is 30.3 Å². The Bertz CT molecular complexity index is 878. The highest BCUT2D eigenvalue weighted by Crippen LogP contribution is 2.36. The van der Waals surface area contributed by atoms with Crippen LogP contribution in [-0.2, 0) is 20.9 Å². The molecule has 2 saturated heterocycles. The summed E-state index contributed by atoms with van der Waals surface area (Å²) in [6.07, 6.45) is 6.18. The van der Waals surface area contributed by atoms with Crippen LogP contribution in [0.2, 0.25) is 0 Å². The Balaban J connectivity index is 1.42. The molecule has 1 aromatic rings. The van der Waals surface area contributed by atoms with E-state index in [1.807, 2.05) is 30.3 Å². The van der Waals surface area contributed by atoms with Gasteiger partial charge in [-0.2, -0.15) is 0 Å². The van der Waals surface area contributed by atoms with E-state index in [1.54, 1.807) is 9.80 Å². The molecular formula is C27H39N3O5. The fraction of sp³-hybridized carbons (Fsp3) is 0.667. The number of ether oxygens (including phenoxy) is 1. The SMILES string of the molecule is CCCCN1C(=O)C(C(O)C2CCCCC2)NC(=O)C12CCN(C(=O)OCc1ccccc1)CC2. The fourth-order valence-electron chi connectivity index (χ4n) is 5.83. The molecular weight excluding hydrogens is 446 g/mol. The van der Waals surface area contributed by atoms with Crippen molar-refractivity contribution in [1.29, 1.82) is 0 Å². The van der Waals surface area contributed by atoms with E-state index in [9.17, 15) is 19.5 Å². The molecule has 8 heteroatoms. The topological polar surface area (TPSA) is 99.2 Å². The Morgan fingerprint density at radius 3 is 2.49 bits per heavy atom. The molecule has 0 bridgehead atoms. The lowest BCUT2D eigenvalue weighted by Crippen LogP contribution is -2.75. The number of nitrogens with one attached hydrogen (secondary N) is 1. The van der Waals surface area contributed by atoms with Crippen molar-refractivity contribution < 1.29 is 24.2 Å². The van der Waals surface area contributed by atoms with E-state index >= 15 is 0 Å². The van der Waals surface area contributed by atoms with E-state index < -0.39 is 23.8 Å². The zero-order valence-electron chi connectivity index (χ0n) is 20.8. The van der Waals surface area contributed by atoms with E-state index in [1.165, 1.54) is 0 Å². The van der Waals surface area contributed by atoms with Gasteiger partial charge in [-0.05, 0) is 43.6 Å². The molecule has 0 radical (unpaired) electrons. The van der Waals surface area contributed by atoms with E-state index in [0.717, 1.165) is 50.5 Å². The third-order valence-electron chi connectivity index (χ3n) is 8.02. The Kier molecular flexibility index (Phi) is 8.31. The maximum Gasteiger partial charge on any atom is 0.410 e. The lowest BCUT2D eigenvalue weighted by Gasteiger charge is -2.52. The summed E-state index contributed by atoms with van der Waals surface area (Å²) in [5.74, 6) is -0.345. The molecule has 1 aromatic carbocycles. The molecule has 2 atom stereocenters. The lowest BCUT2D eigenvalue weighted by molar-refractivity contribution is -0.165. The quantitative estimate of drug-likeness (QED) is 0.618. The molecule has 2 aliphatic heterocycles. The molecule has 4 rings (SSSR count). The van der Waals surface area contributed by atoms with Crippen molar-refractivity contribution in [3.05, 3.63) is 35.9 Å². The van der Waals surface area contributed by atoms with Crippen molar-refractivity contribution in [1.82, 2.24) is 15.1 Å². The highest BCUT2D eigenvalue weighted by atomic mass is 16.6. The highest BCUT2D eigenvalue weighted by Gasteiger charge is 2.55. The van der Waals surface area contributed by atoms with Crippen LogP contribution in [0.3, 0.4) is 0 Å². The predicted octanol–water partition coefficient (Wildman–Crippen LogP) is 3.23. The molecule has 3 fully saturated rings. The molecule has 2 heterocycles. The summed E-state index contributed by atoms with van der Waals surface area (Å²) in [5, 5.41) is 14.0. The second kappa shape index (κ2) is 11.4. The van der Waals surface area contributed by atoms with Gasteiger partial charge in [-0.3, -0.25) is 9.59 Å². The van der Waals surface area contributed by atoms with Crippen molar-refractivity contribution in [2.24, 2.45) is 5.92 Å². The van der Waals surface area contributed by atoms with Crippen LogP contribution in [-0.4, -0.2) is 70.1 Å². The van der Waals surface area contributed by atoms with Crippen LogP contribution in [0.25, 0.3) is 0 Å². The monoisotopic (exact) mass is 485 g/mol. The van der Waals surface area contributed by atoms with E-state index in [-0.39, 0.29) is 24.3 Å².